The zero-order valence-corrected chi connectivity index (χ0v) is 7.94. The van der Waals surface area contributed by atoms with E-state index in [-0.39, 0.29) is 0 Å². The van der Waals surface area contributed by atoms with Crippen molar-refractivity contribution in [2.75, 3.05) is 0 Å². The Kier molecular flexibility index (Phi) is 1.82. The van der Waals surface area contributed by atoms with Gasteiger partial charge < -0.3 is 0 Å². The van der Waals surface area contributed by atoms with Crippen molar-refractivity contribution in [2.45, 2.75) is 41.0 Å². The van der Waals surface area contributed by atoms with Crippen molar-refractivity contribution in [1.82, 2.24) is 0 Å². The third-order valence-corrected chi connectivity index (χ3v) is 4.28. The summed E-state index contributed by atoms with van der Waals surface area (Å²) in [7, 11) is 0. The highest BCUT2D eigenvalue weighted by atomic mass is 14.6. The van der Waals surface area contributed by atoms with Crippen molar-refractivity contribution in [3.63, 3.8) is 0 Å². The first kappa shape index (κ1) is 8.10. The van der Waals surface area contributed by atoms with Gasteiger partial charge in [-0.05, 0) is 23.2 Å². The van der Waals surface area contributed by atoms with Gasteiger partial charge in [-0.25, -0.2) is 0 Å². The molecule has 0 N–H and O–H groups in total. The molecule has 0 aromatic heterocycles. The summed E-state index contributed by atoms with van der Waals surface area (Å²) in [6.07, 6.45) is 1.34. The summed E-state index contributed by atoms with van der Waals surface area (Å²) in [5.74, 6) is 2.84. The SMILES string of the molecule is CCC(C)C1(C)C(C)C1C. The standard InChI is InChI=1S/C10H20/c1-6-7(2)10(5)8(3)9(10)4/h7-9H,6H2,1-5H3. The molecule has 0 aromatic rings. The summed E-state index contributed by atoms with van der Waals surface area (Å²) in [5.41, 5.74) is 0.675. The van der Waals surface area contributed by atoms with E-state index in [1.165, 1.54) is 6.42 Å². The fraction of sp³-hybridized carbons (Fsp3) is 1.00. The van der Waals surface area contributed by atoms with Crippen molar-refractivity contribution in [3.05, 3.63) is 0 Å². The van der Waals surface area contributed by atoms with Crippen LogP contribution in [-0.2, 0) is 0 Å². The van der Waals surface area contributed by atoms with E-state index in [1.807, 2.05) is 0 Å². The fourth-order valence-corrected chi connectivity index (χ4v) is 2.35. The Morgan fingerprint density at radius 3 is 1.80 bits per heavy atom. The number of hydrogen-bond acceptors (Lipinski definition) is 0. The Morgan fingerprint density at radius 2 is 1.70 bits per heavy atom. The summed E-state index contributed by atoms with van der Waals surface area (Å²) >= 11 is 0. The average molecular weight is 140 g/mol. The van der Waals surface area contributed by atoms with Crippen molar-refractivity contribution >= 4 is 0 Å². The molecular weight excluding hydrogens is 120 g/mol. The molecule has 60 valence electrons. The molecule has 0 spiro atoms. The molecule has 1 aliphatic rings. The van der Waals surface area contributed by atoms with Gasteiger partial charge in [-0.3, -0.25) is 0 Å². The smallest absolute Gasteiger partial charge is 0.0243 e. The molecule has 0 nitrogen and oxygen atoms in total. The van der Waals surface area contributed by atoms with Crippen molar-refractivity contribution in [1.29, 1.82) is 0 Å². The van der Waals surface area contributed by atoms with E-state index in [1.54, 1.807) is 0 Å². The van der Waals surface area contributed by atoms with Crippen LogP contribution in [0, 0.1) is 23.2 Å². The number of hydrogen-bond donors (Lipinski definition) is 0. The Hall–Kier alpha value is 0. The molecule has 0 heterocycles. The molecule has 1 rings (SSSR count). The summed E-state index contributed by atoms with van der Waals surface area (Å²) < 4.78 is 0. The topological polar surface area (TPSA) is 0 Å². The van der Waals surface area contributed by atoms with E-state index in [4.69, 9.17) is 0 Å². The molecule has 0 bridgehead atoms. The summed E-state index contributed by atoms with van der Waals surface area (Å²) in [6.45, 7) is 11.9. The van der Waals surface area contributed by atoms with Gasteiger partial charge in [-0.15, -0.1) is 0 Å². The van der Waals surface area contributed by atoms with Crippen molar-refractivity contribution in [3.8, 4) is 0 Å². The van der Waals surface area contributed by atoms with Crippen LogP contribution in [0.4, 0.5) is 0 Å². The zero-order valence-electron chi connectivity index (χ0n) is 7.94. The van der Waals surface area contributed by atoms with Crippen LogP contribution in [-0.4, -0.2) is 0 Å². The van der Waals surface area contributed by atoms with Crippen molar-refractivity contribution in [2.24, 2.45) is 23.2 Å². The van der Waals surface area contributed by atoms with Crippen LogP contribution in [0.3, 0.4) is 0 Å². The van der Waals surface area contributed by atoms with Gasteiger partial charge in [0.25, 0.3) is 0 Å². The van der Waals surface area contributed by atoms with E-state index in [0.717, 1.165) is 17.8 Å². The maximum atomic E-state index is 2.44. The summed E-state index contributed by atoms with van der Waals surface area (Å²) in [6, 6.07) is 0. The highest BCUT2D eigenvalue weighted by molar-refractivity contribution is 5.05. The van der Waals surface area contributed by atoms with Crippen LogP contribution < -0.4 is 0 Å². The van der Waals surface area contributed by atoms with Gasteiger partial charge in [-0.1, -0.05) is 41.0 Å². The quantitative estimate of drug-likeness (QED) is 0.552. The van der Waals surface area contributed by atoms with E-state index in [9.17, 15) is 0 Å². The molecule has 3 atom stereocenters. The second kappa shape index (κ2) is 2.25. The van der Waals surface area contributed by atoms with Crippen LogP contribution >= 0.6 is 0 Å². The fourth-order valence-electron chi connectivity index (χ4n) is 2.35. The van der Waals surface area contributed by atoms with Crippen LogP contribution in [0.15, 0.2) is 0 Å². The summed E-state index contributed by atoms with van der Waals surface area (Å²) in [4.78, 5) is 0. The van der Waals surface area contributed by atoms with Crippen LogP contribution in [0.5, 0.6) is 0 Å². The minimum Gasteiger partial charge on any atom is -0.0651 e. The maximum absolute atomic E-state index is 2.44. The lowest BCUT2D eigenvalue weighted by Crippen LogP contribution is -2.10. The second-order valence-electron chi connectivity index (χ2n) is 4.25. The van der Waals surface area contributed by atoms with E-state index in [2.05, 4.69) is 34.6 Å². The molecule has 10 heavy (non-hydrogen) atoms. The zero-order chi connectivity index (χ0) is 7.94. The lowest BCUT2D eigenvalue weighted by atomic mass is 9.87. The molecule has 0 radical (unpaired) electrons. The molecule has 0 heteroatoms. The lowest BCUT2D eigenvalue weighted by molar-refractivity contribution is 0.311. The molecule has 1 fully saturated rings. The normalized spacial score (nSPS) is 48.9. The predicted molar refractivity (Wildman–Crippen MR) is 45.9 cm³/mol. The van der Waals surface area contributed by atoms with Gasteiger partial charge >= 0.3 is 0 Å². The maximum Gasteiger partial charge on any atom is -0.0243 e. The lowest BCUT2D eigenvalue weighted by Gasteiger charge is -2.18. The molecule has 3 unspecified atom stereocenters. The highest BCUT2D eigenvalue weighted by Gasteiger charge is 2.57. The molecule has 0 aliphatic heterocycles. The Morgan fingerprint density at radius 1 is 1.30 bits per heavy atom. The minimum absolute atomic E-state index is 0.675. The van der Waals surface area contributed by atoms with Gasteiger partial charge in [0.2, 0.25) is 0 Å². The third kappa shape index (κ3) is 0.810. The molecule has 0 amide bonds. The first-order chi connectivity index (χ1) is 4.55. The first-order valence-corrected chi connectivity index (χ1v) is 4.55. The van der Waals surface area contributed by atoms with E-state index >= 15 is 0 Å². The van der Waals surface area contributed by atoms with Crippen molar-refractivity contribution < 1.29 is 0 Å². The minimum atomic E-state index is 0.675. The monoisotopic (exact) mass is 140 g/mol. The largest absolute Gasteiger partial charge is 0.0651 e. The van der Waals surface area contributed by atoms with Crippen LogP contribution in [0.2, 0.25) is 0 Å². The van der Waals surface area contributed by atoms with Crippen LogP contribution in [0.1, 0.15) is 41.0 Å². The van der Waals surface area contributed by atoms with Gasteiger partial charge in [-0.2, -0.15) is 0 Å². The van der Waals surface area contributed by atoms with Gasteiger partial charge in [0.05, 0.1) is 0 Å². The Bertz CT molecular complexity index is 118. The van der Waals surface area contributed by atoms with E-state index in [0.29, 0.717) is 5.41 Å². The number of rotatable bonds is 2. The van der Waals surface area contributed by atoms with Gasteiger partial charge in [0.1, 0.15) is 0 Å². The summed E-state index contributed by atoms with van der Waals surface area (Å²) in [5, 5.41) is 0. The average Bonchev–Trinajstić information content (AvgIpc) is 2.41. The second-order valence-corrected chi connectivity index (χ2v) is 4.25. The molecule has 0 aromatic carbocycles. The molecule has 0 saturated heterocycles. The Labute approximate surface area is 65.0 Å². The van der Waals surface area contributed by atoms with Gasteiger partial charge in [0, 0.05) is 0 Å². The molecular formula is C10H20. The first-order valence-electron chi connectivity index (χ1n) is 4.55. The third-order valence-electron chi connectivity index (χ3n) is 4.28. The molecule has 1 aliphatic carbocycles. The van der Waals surface area contributed by atoms with Crippen LogP contribution in [0.25, 0.3) is 0 Å². The van der Waals surface area contributed by atoms with Gasteiger partial charge in [0.15, 0.2) is 0 Å². The predicted octanol–water partition coefficient (Wildman–Crippen LogP) is 3.32. The van der Waals surface area contributed by atoms with E-state index < -0.39 is 0 Å². The molecule has 1 saturated carbocycles. The highest BCUT2D eigenvalue weighted by Crippen LogP contribution is 2.63. The Balaban J connectivity index is 2.56.